The fourth-order valence-corrected chi connectivity index (χ4v) is 6.48. The first-order chi connectivity index (χ1) is 16.4. The van der Waals surface area contributed by atoms with Crippen molar-refractivity contribution < 1.29 is 24.2 Å². The monoisotopic (exact) mass is 508 g/mol. The Morgan fingerprint density at radius 1 is 1.29 bits per heavy atom. The van der Waals surface area contributed by atoms with Gasteiger partial charge in [0.15, 0.2) is 0 Å². The number of carbonyl (C=O) groups excluding carboxylic acids is 2. The molecule has 4 atom stereocenters. The normalized spacial score (nSPS) is 25.2. The molecule has 34 heavy (non-hydrogen) atoms. The van der Waals surface area contributed by atoms with Crippen molar-refractivity contribution in [2.45, 2.75) is 76.4 Å². The number of allylic oxidation sites excluding steroid dienone is 2. The van der Waals surface area contributed by atoms with Gasteiger partial charge in [0.05, 0.1) is 23.7 Å². The van der Waals surface area contributed by atoms with Crippen molar-refractivity contribution in [1.82, 2.24) is 0 Å². The number of methoxy groups -OCH3 is 2. The number of Topliss-reactive ketones (excluding diaryl/α,β-unsaturated/α-hetero) is 1. The van der Waals surface area contributed by atoms with Crippen LogP contribution in [0.5, 0.6) is 0 Å². The predicted molar refractivity (Wildman–Crippen MR) is 136 cm³/mol. The van der Waals surface area contributed by atoms with Crippen LogP contribution in [-0.4, -0.2) is 43.3 Å². The van der Waals surface area contributed by atoms with Crippen molar-refractivity contribution in [3.8, 4) is 0 Å². The highest BCUT2D eigenvalue weighted by Gasteiger charge is 2.44. The van der Waals surface area contributed by atoms with Crippen LogP contribution in [0.15, 0.2) is 36.4 Å². The van der Waals surface area contributed by atoms with Crippen LogP contribution in [0.4, 0.5) is 0 Å². The Hall–Kier alpha value is -1.47. The molecule has 1 heterocycles. The molecule has 1 unspecified atom stereocenters. The number of ether oxygens (including phenoxy) is 2. The summed E-state index contributed by atoms with van der Waals surface area (Å²) in [4.78, 5) is 25.1. The largest absolute Gasteiger partial charge is 0.469 e. The van der Waals surface area contributed by atoms with Gasteiger partial charge in [-0.25, -0.2) is 0 Å². The number of esters is 1. The van der Waals surface area contributed by atoms with Crippen molar-refractivity contribution in [3.05, 3.63) is 45.7 Å². The van der Waals surface area contributed by atoms with Crippen molar-refractivity contribution >= 4 is 34.7 Å². The third-order valence-electron chi connectivity index (χ3n) is 7.48. The van der Waals surface area contributed by atoms with Crippen molar-refractivity contribution in [3.63, 3.8) is 0 Å². The summed E-state index contributed by atoms with van der Waals surface area (Å²) in [6.45, 7) is 0. The summed E-state index contributed by atoms with van der Waals surface area (Å²) in [5.74, 6) is -0.0668. The lowest BCUT2D eigenvalue weighted by molar-refractivity contribution is -0.140. The van der Waals surface area contributed by atoms with Gasteiger partial charge in [-0.15, -0.1) is 11.3 Å². The van der Waals surface area contributed by atoms with E-state index in [0.29, 0.717) is 25.7 Å². The summed E-state index contributed by atoms with van der Waals surface area (Å²) in [5.41, 5.74) is -0.0724. The van der Waals surface area contributed by atoms with Gasteiger partial charge in [-0.3, -0.25) is 9.59 Å². The highest BCUT2D eigenvalue weighted by atomic mass is 35.5. The topological polar surface area (TPSA) is 72.8 Å². The molecule has 5 nitrogen and oxygen atoms in total. The molecule has 0 amide bonds. The summed E-state index contributed by atoms with van der Waals surface area (Å²) >= 11 is 7.70. The SMILES string of the molecule is COC(=O)CCC/C=C\C[C@H]1C(=O)C[C@@H](OC)[C@@H]1/C=C/CC(O)C1(Cc2ccc(Cl)s2)CCC1. The lowest BCUT2D eigenvalue weighted by Gasteiger charge is -2.45. The van der Waals surface area contributed by atoms with Crippen LogP contribution in [0.3, 0.4) is 0 Å². The van der Waals surface area contributed by atoms with Gasteiger partial charge in [-0.05, 0) is 57.1 Å². The molecular formula is C27H37ClO5S. The molecule has 0 saturated heterocycles. The Kier molecular flexibility index (Phi) is 10.4. The third-order valence-corrected chi connectivity index (χ3v) is 8.71. The molecule has 0 aromatic carbocycles. The maximum absolute atomic E-state index is 12.7. The zero-order valence-corrected chi connectivity index (χ0v) is 21.8. The minimum atomic E-state index is -0.412. The molecule has 0 radical (unpaired) electrons. The minimum absolute atomic E-state index is 0.0119. The fourth-order valence-electron chi connectivity index (χ4n) is 5.24. The second kappa shape index (κ2) is 13.0. The molecule has 1 aromatic rings. The highest BCUT2D eigenvalue weighted by Crippen LogP contribution is 2.48. The summed E-state index contributed by atoms with van der Waals surface area (Å²) < 4.78 is 11.1. The first-order valence-electron chi connectivity index (χ1n) is 12.2. The van der Waals surface area contributed by atoms with Crippen molar-refractivity contribution in [1.29, 1.82) is 0 Å². The summed E-state index contributed by atoms with van der Waals surface area (Å²) in [6.07, 6.45) is 15.4. The van der Waals surface area contributed by atoms with E-state index in [2.05, 4.69) is 23.0 Å². The number of rotatable bonds is 13. The molecule has 0 spiro atoms. The number of hydrogen-bond acceptors (Lipinski definition) is 6. The van der Waals surface area contributed by atoms with Crippen LogP contribution in [0.1, 0.15) is 62.7 Å². The average molecular weight is 509 g/mol. The molecular weight excluding hydrogens is 472 g/mol. The van der Waals surface area contributed by atoms with Gasteiger partial charge in [0.25, 0.3) is 0 Å². The number of ketones is 1. The van der Waals surface area contributed by atoms with E-state index in [1.165, 1.54) is 12.0 Å². The van der Waals surface area contributed by atoms with Crippen molar-refractivity contribution in [2.75, 3.05) is 14.2 Å². The molecule has 0 bridgehead atoms. The van der Waals surface area contributed by atoms with E-state index in [-0.39, 0.29) is 35.1 Å². The molecule has 2 saturated carbocycles. The van der Waals surface area contributed by atoms with E-state index in [0.717, 1.165) is 42.9 Å². The number of hydrogen-bond donors (Lipinski definition) is 1. The second-order valence-corrected chi connectivity index (χ2v) is 11.4. The molecule has 0 aliphatic heterocycles. The van der Waals surface area contributed by atoms with E-state index in [1.807, 2.05) is 18.2 Å². The van der Waals surface area contributed by atoms with Crippen LogP contribution in [0.2, 0.25) is 4.34 Å². The molecule has 2 aliphatic rings. The van der Waals surface area contributed by atoms with Crippen LogP contribution in [0, 0.1) is 17.3 Å². The van der Waals surface area contributed by atoms with Crippen LogP contribution < -0.4 is 0 Å². The number of unbranched alkanes of at least 4 members (excludes halogenated alkanes) is 1. The first kappa shape index (κ1) is 27.1. The highest BCUT2D eigenvalue weighted by molar-refractivity contribution is 7.16. The molecule has 188 valence electrons. The molecule has 2 fully saturated rings. The third kappa shape index (κ3) is 7.03. The minimum Gasteiger partial charge on any atom is -0.469 e. The van der Waals surface area contributed by atoms with E-state index in [9.17, 15) is 14.7 Å². The Bertz CT molecular complexity index is 872. The first-order valence-corrected chi connectivity index (χ1v) is 13.4. The van der Waals surface area contributed by atoms with Crippen LogP contribution in [-0.2, 0) is 25.5 Å². The summed E-state index contributed by atoms with van der Waals surface area (Å²) in [7, 11) is 3.06. The number of aliphatic hydroxyl groups excluding tert-OH is 1. The molecule has 3 rings (SSSR count). The summed E-state index contributed by atoms with van der Waals surface area (Å²) in [6, 6.07) is 3.99. The molecule has 1 N–H and O–H groups in total. The quantitative estimate of drug-likeness (QED) is 0.203. The van der Waals surface area contributed by atoms with Crippen molar-refractivity contribution in [2.24, 2.45) is 17.3 Å². The molecule has 1 aromatic heterocycles. The lowest BCUT2D eigenvalue weighted by Crippen LogP contribution is -2.42. The number of aliphatic hydroxyl groups is 1. The number of carbonyl (C=O) groups is 2. The Morgan fingerprint density at radius 2 is 2.09 bits per heavy atom. The van der Waals surface area contributed by atoms with E-state index in [4.69, 9.17) is 16.3 Å². The zero-order valence-electron chi connectivity index (χ0n) is 20.2. The second-order valence-electron chi connectivity index (χ2n) is 9.58. The van der Waals surface area contributed by atoms with Gasteiger partial charge >= 0.3 is 5.97 Å². The van der Waals surface area contributed by atoms with Gasteiger partial charge in [0.1, 0.15) is 5.78 Å². The Balaban J connectivity index is 1.54. The van der Waals surface area contributed by atoms with Gasteiger partial charge < -0.3 is 14.6 Å². The molecule has 2 aliphatic carbocycles. The van der Waals surface area contributed by atoms with Gasteiger partial charge in [-0.2, -0.15) is 0 Å². The smallest absolute Gasteiger partial charge is 0.305 e. The standard InChI is InChI=1S/C27H37ClO5S/c1-32-23-17-22(29)20(9-5-3-4-6-12-26(31)33-2)21(23)10-7-11-24(30)27(15-8-16-27)18-19-13-14-25(28)34-19/h3,5,7,10,13-14,20-21,23-24,30H,4,6,8-9,11-12,15-18H2,1-2H3/b5-3-,10-7+/t20-,21-,23-,24?/m1/s1. The summed E-state index contributed by atoms with van der Waals surface area (Å²) in [5, 5.41) is 11.1. The average Bonchev–Trinajstić information content (AvgIpc) is 3.34. The maximum atomic E-state index is 12.7. The fraction of sp³-hybridized carbons (Fsp3) is 0.630. The van der Waals surface area contributed by atoms with Gasteiger partial charge in [0, 0.05) is 42.1 Å². The molecule has 7 heteroatoms. The number of thiophene rings is 1. The number of halogens is 1. The van der Waals surface area contributed by atoms with Gasteiger partial charge in [0.2, 0.25) is 0 Å². The lowest BCUT2D eigenvalue weighted by atomic mass is 9.62. The predicted octanol–water partition coefficient (Wildman–Crippen LogP) is 5.93. The maximum Gasteiger partial charge on any atom is 0.305 e. The Morgan fingerprint density at radius 3 is 2.71 bits per heavy atom. The van der Waals surface area contributed by atoms with E-state index >= 15 is 0 Å². The van der Waals surface area contributed by atoms with Crippen LogP contribution in [0.25, 0.3) is 0 Å². The van der Waals surface area contributed by atoms with Crippen LogP contribution >= 0.6 is 22.9 Å². The zero-order chi connectivity index (χ0) is 24.6. The van der Waals surface area contributed by atoms with E-state index < -0.39 is 6.10 Å². The van der Waals surface area contributed by atoms with E-state index in [1.54, 1.807) is 18.4 Å². The Labute approximate surface area is 212 Å². The van der Waals surface area contributed by atoms with Gasteiger partial charge in [-0.1, -0.05) is 42.3 Å².